The Balaban J connectivity index is -0.000000247. The van der Waals surface area contributed by atoms with Gasteiger partial charge in [0.1, 0.15) is 0 Å². The van der Waals surface area contributed by atoms with E-state index >= 15 is 0 Å². The maximum Gasteiger partial charge on any atom is -0.0533 e. The molecule has 0 spiro atoms. The average Bonchev–Trinajstić information content (AvgIpc) is 2.54. The fraction of sp³-hybridized carbons (Fsp3) is 1.00. The van der Waals surface area contributed by atoms with Gasteiger partial charge in [-0.1, -0.05) is 144 Å². The molecule has 0 fully saturated rings. The van der Waals surface area contributed by atoms with Crippen LogP contribution < -0.4 is 0 Å². The highest BCUT2D eigenvalue weighted by molar-refractivity contribution is 4.39. The van der Waals surface area contributed by atoms with E-state index in [9.17, 15) is 0 Å². The van der Waals surface area contributed by atoms with Crippen LogP contribution in [0.3, 0.4) is 0 Å². The molecule has 0 aliphatic heterocycles. The zero-order chi connectivity index (χ0) is 17.3. The summed E-state index contributed by atoms with van der Waals surface area (Å²) in [5.41, 5.74) is 0. The van der Waals surface area contributed by atoms with Gasteiger partial charge < -0.3 is 0 Å². The Morgan fingerprint density at radius 1 is 0.227 bits per heavy atom. The Labute approximate surface area is 144 Å². The first-order chi connectivity index (χ1) is 10.7. The highest BCUT2D eigenvalue weighted by Crippen LogP contribution is 2.03. The second-order valence-electron chi connectivity index (χ2n) is 6.54. The van der Waals surface area contributed by atoms with Crippen molar-refractivity contribution in [3.05, 3.63) is 0 Å². The van der Waals surface area contributed by atoms with E-state index in [2.05, 4.69) is 41.5 Å². The molecule has 0 saturated carbocycles. The number of unbranched alkanes of at least 4 members (excludes halogenated alkanes) is 13. The van der Waals surface area contributed by atoms with Crippen molar-refractivity contribution in [2.24, 2.45) is 0 Å². The van der Waals surface area contributed by atoms with Crippen LogP contribution in [0.15, 0.2) is 0 Å². The molecule has 0 aromatic rings. The molecule has 138 valence electrons. The second kappa shape index (κ2) is 32.8. The van der Waals surface area contributed by atoms with Crippen molar-refractivity contribution >= 4 is 0 Å². The predicted molar refractivity (Wildman–Crippen MR) is 108 cm³/mol. The Hall–Kier alpha value is 0. The van der Waals surface area contributed by atoms with Gasteiger partial charge in [0.2, 0.25) is 0 Å². The molecule has 0 aliphatic rings. The van der Waals surface area contributed by atoms with Crippen molar-refractivity contribution in [2.75, 3.05) is 0 Å². The monoisotopic (exact) mass is 314 g/mol. The summed E-state index contributed by atoms with van der Waals surface area (Å²) in [4.78, 5) is 0. The van der Waals surface area contributed by atoms with Gasteiger partial charge in [0.25, 0.3) is 0 Å². The molecule has 0 amide bonds. The van der Waals surface area contributed by atoms with Crippen LogP contribution >= 0.6 is 0 Å². The third-order valence-electron chi connectivity index (χ3n) is 3.87. The molecular weight excluding hydrogens is 264 g/mol. The first-order valence-electron chi connectivity index (χ1n) is 10.7. The lowest BCUT2D eigenvalue weighted by atomic mass is 10.1. The van der Waals surface area contributed by atoms with E-state index < -0.39 is 0 Å². The molecule has 0 nitrogen and oxygen atoms in total. The molecule has 0 bridgehead atoms. The minimum absolute atomic E-state index is 1.36. The minimum atomic E-state index is 1.36. The zero-order valence-corrected chi connectivity index (χ0v) is 17.3. The van der Waals surface area contributed by atoms with Gasteiger partial charge in [0, 0.05) is 0 Å². The largest absolute Gasteiger partial charge is 0.0654 e. The van der Waals surface area contributed by atoms with E-state index in [1.807, 2.05) is 0 Å². The van der Waals surface area contributed by atoms with Crippen LogP contribution in [0.1, 0.15) is 144 Å². The van der Waals surface area contributed by atoms with Crippen molar-refractivity contribution in [2.45, 2.75) is 144 Å². The van der Waals surface area contributed by atoms with Crippen molar-refractivity contribution in [3.8, 4) is 0 Å². The summed E-state index contributed by atoms with van der Waals surface area (Å²) in [7, 11) is 0. The van der Waals surface area contributed by atoms with Gasteiger partial charge in [0.15, 0.2) is 0 Å². The Morgan fingerprint density at radius 3 is 0.500 bits per heavy atom. The lowest BCUT2D eigenvalue weighted by Crippen LogP contribution is -1.73. The summed E-state index contributed by atoms with van der Waals surface area (Å²) in [6.45, 7) is 13.5. The van der Waals surface area contributed by atoms with Crippen LogP contribution in [-0.2, 0) is 0 Å². The quantitative estimate of drug-likeness (QED) is 0.297. The van der Waals surface area contributed by atoms with Crippen molar-refractivity contribution in [1.82, 2.24) is 0 Å². The van der Waals surface area contributed by atoms with E-state index in [-0.39, 0.29) is 0 Å². The molecule has 0 aromatic carbocycles. The van der Waals surface area contributed by atoms with Crippen LogP contribution in [-0.4, -0.2) is 0 Å². The number of hydrogen-bond donors (Lipinski definition) is 0. The average molecular weight is 315 g/mol. The van der Waals surface area contributed by atoms with Gasteiger partial charge in [-0.2, -0.15) is 0 Å². The van der Waals surface area contributed by atoms with Gasteiger partial charge in [-0.25, -0.2) is 0 Å². The summed E-state index contributed by atoms with van der Waals surface area (Å²) in [5, 5.41) is 0. The van der Waals surface area contributed by atoms with Gasteiger partial charge in [-0.05, 0) is 0 Å². The summed E-state index contributed by atoms with van der Waals surface area (Å²) in [6, 6.07) is 0. The standard InChI is InChI=1S/C8H18.2C7H16/c1-3-5-7-8-6-4-2;2*1-3-5-7-6-4-2/h3-8H2,1-2H3;2*3-7H2,1-2H3. The molecule has 0 N–H and O–H groups in total. The molecular formula is C22H50. The second-order valence-corrected chi connectivity index (χ2v) is 6.54. The molecule has 0 heteroatoms. The van der Waals surface area contributed by atoms with Crippen LogP contribution in [0.5, 0.6) is 0 Å². The number of hydrogen-bond acceptors (Lipinski definition) is 0. The Morgan fingerprint density at radius 2 is 0.364 bits per heavy atom. The normalized spacial score (nSPS) is 9.55. The van der Waals surface area contributed by atoms with Crippen LogP contribution in [0.25, 0.3) is 0 Å². The molecule has 0 heterocycles. The maximum atomic E-state index is 2.26. The fourth-order valence-electron chi connectivity index (χ4n) is 2.21. The minimum Gasteiger partial charge on any atom is -0.0654 e. The first kappa shape index (κ1) is 26.9. The van der Waals surface area contributed by atoms with Crippen molar-refractivity contribution < 1.29 is 0 Å². The SMILES string of the molecule is CCCCCCC.CCCCCCC.CCCCCCCC. The van der Waals surface area contributed by atoms with Crippen LogP contribution in [0.4, 0.5) is 0 Å². The maximum absolute atomic E-state index is 2.26. The van der Waals surface area contributed by atoms with Crippen molar-refractivity contribution in [1.29, 1.82) is 0 Å². The van der Waals surface area contributed by atoms with Gasteiger partial charge in [0.05, 0.1) is 0 Å². The number of rotatable bonds is 13. The topological polar surface area (TPSA) is 0 Å². The Kier molecular flexibility index (Phi) is 40.1. The summed E-state index contributed by atoms with van der Waals surface area (Å²) < 4.78 is 0. The molecule has 0 aliphatic carbocycles. The third kappa shape index (κ3) is 42.7. The smallest absolute Gasteiger partial charge is 0.0533 e. The van der Waals surface area contributed by atoms with E-state index in [0.717, 1.165) is 0 Å². The zero-order valence-electron chi connectivity index (χ0n) is 17.3. The lowest BCUT2D eigenvalue weighted by Gasteiger charge is -1.93. The van der Waals surface area contributed by atoms with E-state index in [1.54, 1.807) is 0 Å². The Bertz CT molecular complexity index is 104. The summed E-state index contributed by atoms with van der Waals surface area (Å²) in [5.74, 6) is 0. The van der Waals surface area contributed by atoms with Gasteiger partial charge in [-0.3, -0.25) is 0 Å². The molecule has 0 unspecified atom stereocenters. The summed E-state index contributed by atoms with van der Waals surface area (Å²) in [6.07, 6.45) is 22.5. The van der Waals surface area contributed by atoms with Crippen LogP contribution in [0.2, 0.25) is 0 Å². The lowest BCUT2D eigenvalue weighted by molar-refractivity contribution is 0.624. The molecule has 0 atom stereocenters. The van der Waals surface area contributed by atoms with E-state index in [4.69, 9.17) is 0 Å². The molecule has 0 aromatic heterocycles. The van der Waals surface area contributed by atoms with Gasteiger partial charge in [-0.15, -0.1) is 0 Å². The third-order valence-corrected chi connectivity index (χ3v) is 3.87. The van der Waals surface area contributed by atoms with Crippen LogP contribution in [0, 0.1) is 0 Å². The molecule has 22 heavy (non-hydrogen) atoms. The van der Waals surface area contributed by atoms with Gasteiger partial charge >= 0.3 is 0 Å². The van der Waals surface area contributed by atoms with E-state index in [1.165, 1.54) is 103 Å². The highest BCUT2D eigenvalue weighted by atomic mass is 13.9. The fourth-order valence-corrected chi connectivity index (χ4v) is 2.21. The molecule has 0 rings (SSSR count). The summed E-state index contributed by atoms with van der Waals surface area (Å²) >= 11 is 0. The van der Waals surface area contributed by atoms with E-state index in [0.29, 0.717) is 0 Å². The first-order valence-corrected chi connectivity index (χ1v) is 10.7. The van der Waals surface area contributed by atoms with Crippen molar-refractivity contribution in [3.63, 3.8) is 0 Å². The molecule has 0 radical (unpaired) electrons. The highest BCUT2D eigenvalue weighted by Gasteiger charge is 1.83. The molecule has 0 saturated heterocycles. The predicted octanol–water partition coefficient (Wildman–Crippen LogP) is 9.32.